The number of aryl methyl sites for hydroxylation is 1. The molecule has 0 radical (unpaired) electrons. The zero-order valence-electron chi connectivity index (χ0n) is 16.5. The van der Waals surface area contributed by atoms with Crippen LogP contribution in [0.15, 0.2) is 29.8 Å². The van der Waals surface area contributed by atoms with Crippen molar-refractivity contribution >= 4 is 34.5 Å². The summed E-state index contributed by atoms with van der Waals surface area (Å²) in [5.74, 6) is -1.00. The highest BCUT2D eigenvalue weighted by Gasteiger charge is 2.30. The summed E-state index contributed by atoms with van der Waals surface area (Å²) in [6, 6.07) is 3.75. The van der Waals surface area contributed by atoms with Gasteiger partial charge in [0, 0.05) is 18.5 Å². The Labute approximate surface area is 186 Å². The van der Waals surface area contributed by atoms with Gasteiger partial charge in [-0.15, -0.1) is 11.3 Å². The number of amides is 1. The second kappa shape index (κ2) is 8.99. The molecule has 11 heteroatoms. The van der Waals surface area contributed by atoms with E-state index in [0.29, 0.717) is 29.2 Å². The van der Waals surface area contributed by atoms with Gasteiger partial charge in [0.15, 0.2) is 0 Å². The summed E-state index contributed by atoms with van der Waals surface area (Å²) in [5.41, 5.74) is 7.12. The van der Waals surface area contributed by atoms with Crippen molar-refractivity contribution in [3.63, 3.8) is 0 Å². The summed E-state index contributed by atoms with van der Waals surface area (Å²) >= 11 is 7.20. The van der Waals surface area contributed by atoms with Crippen LogP contribution >= 0.6 is 22.9 Å². The van der Waals surface area contributed by atoms with Crippen molar-refractivity contribution in [2.45, 2.75) is 31.2 Å². The van der Waals surface area contributed by atoms with Crippen LogP contribution in [0.4, 0.5) is 14.5 Å². The minimum Gasteiger partial charge on any atom is -0.369 e. The van der Waals surface area contributed by atoms with Crippen molar-refractivity contribution in [1.29, 1.82) is 0 Å². The van der Waals surface area contributed by atoms with Crippen LogP contribution in [-0.4, -0.2) is 39.5 Å². The second-order valence-electron chi connectivity index (χ2n) is 7.23. The molecule has 3 N–H and O–H groups in total. The lowest BCUT2D eigenvalue weighted by atomic mass is 10.0. The fourth-order valence-corrected chi connectivity index (χ4v) is 4.63. The van der Waals surface area contributed by atoms with Gasteiger partial charge in [0.05, 0.1) is 34.8 Å². The molecular formula is C20H20ClF2N5O2S. The van der Waals surface area contributed by atoms with Crippen LogP contribution in [0.5, 0.6) is 0 Å². The number of hydrogen-bond acceptors (Lipinski definition) is 6. The fraction of sp³-hybridized carbons (Fsp3) is 0.350. The first-order valence-electron chi connectivity index (χ1n) is 9.59. The van der Waals surface area contributed by atoms with Gasteiger partial charge >= 0.3 is 0 Å². The summed E-state index contributed by atoms with van der Waals surface area (Å²) in [6.45, 7) is -0.122. The summed E-state index contributed by atoms with van der Waals surface area (Å²) in [4.78, 5) is 17.0. The Morgan fingerprint density at radius 2 is 2.23 bits per heavy atom. The molecule has 0 spiro atoms. The van der Waals surface area contributed by atoms with Gasteiger partial charge < -0.3 is 15.8 Å². The van der Waals surface area contributed by atoms with E-state index >= 15 is 0 Å². The van der Waals surface area contributed by atoms with Gasteiger partial charge in [-0.1, -0.05) is 17.7 Å². The van der Waals surface area contributed by atoms with E-state index in [1.165, 1.54) is 23.7 Å². The molecule has 1 saturated heterocycles. The van der Waals surface area contributed by atoms with Crippen molar-refractivity contribution in [2.24, 2.45) is 12.8 Å². The lowest BCUT2D eigenvalue weighted by molar-refractivity contribution is 0.0247. The SMILES string of the molecule is Cn1ncc(NC(=O)c2csc(-c3c(F)cccc3Cl)n2)c1[C@@H]1CC[C@@H](N)[C@H](F)CO1. The summed E-state index contributed by atoms with van der Waals surface area (Å²) in [5, 5.41) is 9.01. The van der Waals surface area contributed by atoms with E-state index in [-0.39, 0.29) is 22.9 Å². The van der Waals surface area contributed by atoms with Crippen molar-refractivity contribution in [2.75, 3.05) is 11.9 Å². The number of hydrogen-bond donors (Lipinski definition) is 2. The van der Waals surface area contributed by atoms with Crippen molar-refractivity contribution in [3.8, 4) is 10.6 Å². The van der Waals surface area contributed by atoms with Crippen LogP contribution < -0.4 is 11.1 Å². The molecule has 3 aromatic rings. The van der Waals surface area contributed by atoms with Crippen molar-refractivity contribution in [1.82, 2.24) is 14.8 Å². The number of nitrogens with zero attached hydrogens (tertiary/aromatic N) is 3. The Hall–Kier alpha value is -2.40. The van der Waals surface area contributed by atoms with Gasteiger partial charge in [0.2, 0.25) is 0 Å². The van der Waals surface area contributed by atoms with Gasteiger partial charge in [-0.2, -0.15) is 5.10 Å². The average molecular weight is 468 g/mol. The van der Waals surface area contributed by atoms with E-state index in [1.54, 1.807) is 17.8 Å². The number of rotatable bonds is 4. The molecule has 0 aliphatic carbocycles. The maximum absolute atomic E-state index is 14.2. The van der Waals surface area contributed by atoms with Gasteiger partial charge in [0.1, 0.15) is 28.8 Å². The van der Waals surface area contributed by atoms with E-state index in [2.05, 4.69) is 15.4 Å². The number of carbonyl (C=O) groups excluding carboxylic acids is 1. The molecule has 164 valence electrons. The molecule has 31 heavy (non-hydrogen) atoms. The maximum Gasteiger partial charge on any atom is 0.275 e. The Balaban J connectivity index is 1.55. The molecular weight excluding hydrogens is 448 g/mol. The molecule has 0 unspecified atom stereocenters. The number of carbonyl (C=O) groups is 1. The van der Waals surface area contributed by atoms with E-state index in [0.717, 1.165) is 11.3 Å². The predicted octanol–water partition coefficient (Wildman–Crippen LogP) is 4.11. The minimum absolute atomic E-state index is 0.113. The Morgan fingerprint density at radius 3 is 3.00 bits per heavy atom. The normalized spacial score (nSPS) is 21.6. The van der Waals surface area contributed by atoms with E-state index in [4.69, 9.17) is 22.1 Å². The molecule has 2 aromatic heterocycles. The fourth-order valence-electron chi connectivity index (χ4n) is 3.46. The summed E-state index contributed by atoms with van der Waals surface area (Å²) in [7, 11) is 1.72. The Bertz CT molecular complexity index is 1070. The quantitative estimate of drug-likeness (QED) is 0.602. The van der Waals surface area contributed by atoms with Gasteiger partial charge in [-0.3, -0.25) is 9.48 Å². The third kappa shape index (κ3) is 4.47. The summed E-state index contributed by atoms with van der Waals surface area (Å²) in [6.07, 6.45) is 0.739. The predicted molar refractivity (Wildman–Crippen MR) is 114 cm³/mol. The topological polar surface area (TPSA) is 95.1 Å². The third-order valence-corrected chi connectivity index (χ3v) is 6.31. The molecule has 3 heterocycles. The molecule has 1 aromatic carbocycles. The zero-order valence-corrected chi connectivity index (χ0v) is 18.1. The Morgan fingerprint density at radius 1 is 1.42 bits per heavy atom. The smallest absolute Gasteiger partial charge is 0.275 e. The highest BCUT2D eigenvalue weighted by atomic mass is 35.5. The van der Waals surface area contributed by atoms with Crippen LogP contribution in [0.3, 0.4) is 0 Å². The summed E-state index contributed by atoms with van der Waals surface area (Å²) < 4.78 is 35.3. The standard InChI is InChI=1S/C20H20ClF2N5O2S/c1-28-18(16-6-5-13(24)12(23)8-30-16)14(7-25-28)26-19(29)15-9-31-20(27-15)17-10(21)3-2-4-11(17)22/h2-4,7,9,12-13,16H,5-6,8,24H2,1H3,(H,26,29)/t12-,13-,16+/m1/s1. The molecule has 1 fully saturated rings. The van der Waals surface area contributed by atoms with Crippen LogP contribution in [0.1, 0.15) is 35.1 Å². The molecule has 7 nitrogen and oxygen atoms in total. The third-order valence-electron chi connectivity index (χ3n) is 5.13. The molecule has 1 amide bonds. The number of alkyl halides is 1. The van der Waals surface area contributed by atoms with Gasteiger partial charge in [-0.25, -0.2) is 13.8 Å². The highest BCUT2D eigenvalue weighted by Crippen LogP contribution is 2.34. The first-order valence-corrected chi connectivity index (χ1v) is 10.8. The monoisotopic (exact) mass is 467 g/mol. The number of halogens is 3. The van der Waals surface area contributed by atoms with Crippen molar-refractivity contribution < 1.29 is 18.3 Å². The minimum atomic E-state index is -1.24. The molecule has 1 aliphatic heterocycles. The molecule has 0 saturated carbocycles. The van der Waals surface area contributed by atoms with E-state index in [1.807, 2.05) is 0 Å². The molecule has 3 atom stereocenters. The number of ether oxygens (including phenoxy) is 1. The largest absolute Gasteiger partial charge is 0.369 e. The van der Waals surface area contributed by atoms with Crippen LogP contribution in [0.2, 0.25) is 5.02 Å². The second-order valence-corrected chi connectivity index (χ2v) is 8.50. The number of benzene rings is 1. The maximum atomic E-state index is 14.2. The number of thiazole rings is 1. The number of anilines is 1. The van der Waals surface area contributed by atoms with Gasteiger partial charge in [0.25, 0.3) is 5.91 Å². The van der Waals surface area contributed by atoms with Crippen LogP contribution in [-0.2, 0) is 11.8 Å². The molecule has 1 aliphatic rings. The van der Waals surface area contributed by atoms with Crippen LogP contribution in [0, 0.1) is 5.82 Å². The van der Waals surface area contributed by atoms with E-state index in [9.17, 15) is 13.6 Å². The number of nitrogens with one attached hydrogen (secondary N) is 1. The molecule has 0 bridgehead atoms. The number of aromatic nitrogens is 3. The molecule has 4 rings (SSSR count). The van der Waals surface area contributed by atoms with Crippen molar-refractivity contribution in [3.05, 3.63) is 52.0 Å². The lowest BCUT2D eigenvalue weighted by Gasteiger charge is -2.17. The van der Waals surface area contributed by atoms with Gasteiger partial charge in [-0.05, 0) is 25.0 Å². The first-order chi connectivity index (χ1) is 14.8. The van der Waals surface area contributed by atoms with E-state index < -0.39 is 30.0 Å². The highest BCUT2D eigenvalue weighted by molar-refractivity contribution is 7.13. The zero-order chi connectivity index (χ0) is 22.1. The number of nitrogens with two attached hydrogens (primary N) is 1. The average Bonchev–Trinajstić information content (AvgIpc) is 3.31. The lowest BCUT2D eigenvalue weighted by Crippen LogP contribution is -2.32. The van der Waals surface area contributed by atoms with Crippen LogP contribution in [0.25, 0.3) is 10.6 Å². The Kier molecular flexibility index (Phi) is 6.33. The first kappa shape index (κ1) is 21.8.